The highest BCUT2D eigenvalue weighted by Crippen LogP contribution is 2.37. The van der Waals surface area contributed by atoms with Crippen LogP contribution in [0.4, 0.5) is 0 Å². The van der Waals surface area contributed by atoms with Gasteiger partial charge < -0.3 is 49.1 Å². The number of carbonyl (C=O) groups excluding carboxylic acids is 7. The Bertz CT molecular complexity index is 2210. The average Bonchev–Trinajstić information content (AvgIpc) is 3.76. The van der Waals surface area contributed by atoms with Crippen LogP contribution in [-0.2, 0) is 70.2 Å². The van der Waals surface area contributed by atoms with Gasteiger partial charge in [-0.2, -0.15) is 0 Å². The van der Waals surface area contributed by atoms with Crippen LogP contribution in [0.1, 0.15) is 111 Å². The third kappa shape index (κ3) is 15.1. The standard InChI is InChI=1S/C48H64N6O14/c1-29-23-37(24-30(2)43(29)66-33(5)57)46(60)50-26-40(65-32(4)56)44(67-34(6)58)45-42(51-41(59)28-54-27-38(52-53-54)36-17-12-9-13-18-36)39(64-31(3)55)25-48(68-45,47(61)62-7)63-22-14-20-49-21-19-35-15-10-8-11-16-35/h8,10-11,15-16,23-24,27,36,39-40,42,44-45,49H,9,12-14,17-22,25-26,28H2,1-7H3,(H,50,60)(H,51,59)/t39-,40-,42?,44-,45?,48-/m1/s1. The maximum atomic E-state index is 14.1. The zero-order valence-electron chi connectivity index (χ0n) is 39.8. The molecule has 6 atom stereocenters. The number of hydrogen-bond acceptors (Lipinski definition) is 17. The van der Waals surface area contributed by atoms with Crippen molar-refractivity contribution in [2.45, 2.75) is 142 Å². The first-order valence-corrected chi connectivity index (χ1v) is 22.9. The molecule has 20 heteroatoms. The highest BCUT2D eigenvalue weighted by atomic mass is 16.7. The van der Waals surface area contributed by atoms with Gasteiger partial charge in [-0.1, -0.05) is 54.8 Å². The van der Waals surface area contributed by atoms with Gasteiger partial charge >= 0.3 is 29.8 Å². The molecule has 5 rings (SSSR count). The predicted octanol–water partition coefficient (Wildman–Crippen LogP) is 3.48. The Hall–Kier alpha value is -6.25. The Balaban J connectivity index is 1.48. The first-order valence-electron chi connectivity index (χ1n) is 22.9. The lowest BCUT2D eigenvalue weighted by Gasteiger charge is -2.48. The van der Waals surface area contributed by atoms with Gasteiger partial charge in [-0.3, -0.25) is 28.8 Å². The number of nitrogens with zero attached hydrogens (tertiary/aromatic N) is 3. The summed E-state index contributed by atoms with van der Waals surface area (Å²) >= 11 is 0. The second-order valence-electron chi connectivity index (χ2n) is 17.1. The molecule has 3 aromatic rings. The molecule has 20 nitrogen and oxygen atoms in total. The maximum absolute atomic E-state index is 14.1. The van der Waals surface area contributed by atoms with Crippen molar-refractivity contribution >= 4 is 41.7 Å². The van der Waals surface area contributed by atoms with E-state index in [2.05, 4.69) is 26.3 Å². The van der Waals surface area contributed by atoms with E-state index in [1.807, 2.05) is 30.3 Å². The zero-order chi connectivity index (χ0) is 49.4. The number of nitrogens with one attached hydrogen (secondary N) is 3. The molecule has 370 valence electrons. The number of benzene rings is 2. The minimum atomic E-state index is -2.34. The topological polar surface area (TPSA) is 251 Å². The van der Waals surface area contributed by atoms with E-state index < -0.39 is 90.9 Å². The van der Waals surface area contributed by atoms with Gasteiger partial charge in [-0.25, -0.2) is 9.48 Å². The molecular weight excluding hydrogens is 885 g/mol. The van der Waals surface area contributed by atoms with Gasteiger partial charge in [0, 0.05) is 45.4 Å². The van der Waals surface area contributed by atoms with Crippen molar-refractivity contribution in [2.24, 2.45) is 0 Å². The first kappa shape index (κ1) is 52.7. The summed E-state index contributed by atoms with van der Waals surface area (Å²) in [5.74, 6) is -7.30. The van der Waals surface area contributed by atoms with E-state index in [1.165, 1.54) is 23.7 Å². The Morgan fingerprint density at radius 3 is 2.21 bits per heavy atom. The SMILES string of the molecule is COC(=O)[C@@]1(OCCCNCCc2ccccc2)C[C@@H](OC(C)=O)C(NC(=O)Cn2cc(C3CCCCC3)nn2)C([C@H](OC(C)=O)[C@@H](CNC(=O)c2cc(C)c(OC(C)=O)c(C)c2)OC(C)=O)O1. The quantitative estimate of drug-likeness (QED) is 0.0564. The van der Waals surface area contributed by atoms with E-state index in [0.29, 0.717) is 30.6 Å². The first-order chi connectivity index (χ1) is 32.5. The molecule has 2 heterocycles. The van der Waals surface area contributed by atoms with E-state index >= 15 is 0 Å². The molecule has 2 aliphatic rings. The fraction of sp³-hybridized carbons (Fsp3) is 0.562. The molecule has 1 saturated carbocycles. The van der Waals surface area contributed by atoms with Crippen molar-refractivity contribution in [3.63, 3.8) is 0 Å². The number of methoxy groups -OCH3 is 1. The molecule has 0 radical (unpaired) electrons. The number of aromatic nitrogens is 3. The summed E-state index contributed by atoms with van der Waals surface area (Å²) in [4.78, 5) is 92.3. The summed E-state index contributed by atoms with van der Waals surface area (Å²) in [5.41, 5.74) is 3.04. The van der Waals surface area contributed by atoms with Crippen LogP contribution in [0.25, 0.3) is 0 Å². The van der Waals surface area contributed by atoms with E-state index in [0.717, 1.165) is 77.7 Å². The lowest BCUT2D eigenvalue weighted by molar-refractivity contribution is -0.313. The molecule has 1 saturated heterocycles. The Kier molecular flexibility index (Phi) is 19.5. The molecule has 0 spiro atoms. The molecule has 1 aromatic heterocycles. The van der Waals surface area contributed by atoms with E-state index in [9.17, 15) is 33.6 Å². The number of hydrogen-bond donors (Lipinski definition) is 3. The van der Waals surface area contributed by atoms with Gasteiger partial charge in [0.1, 0.15) is 24.5 Å². The Morgan fingerprint density at radius 1 is 0.882 bits per heavy atom. The van der Waals surface area contributed by atoms with Gasteiger partial charge in [0.25, 0.3) is 11.7 Å². The molecule has 2 fully saturated rings. The second kappa shape index (κ2) is 25.2. The van der Waals surface area contributed by atoms with Crippen LogP contribution >= 0.6 is 0 Å². The lowest BCUT2D eigenvalue weighted by Crippen LogP contribution is -2.69. The van der Waals surface area contributed by atoms with E-state index in [-0.39, 0.29) is 30.4 Å². The van der Waals surface area contributed by atoms with Crippen molar-refractivity contribution < 1.29 is 66.7 Å². The third-order valence-electron chi connectivity index (χ3n) is 11.6. The zero-order valence-corrected chi connectivity index (χ0v) is 39.8. The van der Waals surface area contributed by atoms with Gasteiger partial charge in [0.2, 0.25) is 5.91 Å². The predicted molar refractivity (Wildman–Crippen MR) is 242 cm³/mol. The number of amides is 2. The third-order valence-corrected chi connectivity index (χ3v) is 11.6. The number of aryl methyl sites for hydroxylation is 2. The van der Waals surface area contributed by atoms with Gasteiger partial charge in [0.15, 0.2) is 12.2 Å². The molecule has 3 N–H and O–H groups in total. The van der Waals surface area contributed by atoms with Gasteiger partial charge in [-0.15, -0.1) is 5.10 Å². The monoisotopic (exact) mass is 948 g/mol. The molecule has 0 bridgehead atoms. The van der Waals surface area contributed by atoms with Gasteiger partial charge in [0.05, 0.1) is 38.4 Å². The molecule has 1 aliphatic carbocycles. The van der Waals surface area contributed by atoms with E-state index in [4.69, 9.17) is 33.2 Å². The molecule has 1 aliphatic heterocycles. The minimum Gasteiger partial charge on any atom is -0.465 e. The van der Waals surface area contributed by atoms with Crippen LogP contribution < -0.4 is 20.7 Å². The maximum Gasteiger partial charge on any atom is 0.366 e. The summed E-state index contributed by atoms with van der Waals surface area (Å²) in [6, 6.07) is 11.5. The fourth-order valence-corrected chi connectivity index (χ4v) is 8.62. The summed E-state index contributed by atoms with van der Waals surface area (Å²) in [5, 5.41) is 17.4. The number of carbonyl (C=O) groups is 7. The van der Waals surface area contributed by atoms with Crippen LogP contribution in [0.15, 0.2) is 48.7 Å². The van der Waals surface area contributed by atoms with Crippen LogP contribution in [0, 0.1) is 13.8 Å². The van der Waals surface area contributed by atoms with Crippen LogP contribution in [0.3, 0.4) is 0 Å². The molecule has 68 heavy (non-hydrogen) atoms. The Labute approximate surface area is 395 Å². The number of rotatable bonds is 22. The largest absolute Gasteiger partial charge is 0.465 e. The van der Waals surface area contributed by atoms with Crippen LogP contribution in [0.5, 0.6) is 5.75 Å². The fourth-order valence-electron chi connectivity index (χ4n) is 8.62. The average molecular weight is 949 g/mol. The van der Waals surface area contributed by atoms with Crippen molar-refractivity contribution in [3.05, 3.63) is 76.6 Å². The number of esters is 5. The van der Waals surface area contributed by atoms with Crippen molar-refractivity contribution in [1.29, 1.82) is 0 Å². The van der Waals surface area contributed by atoms with E-state index in [1.54, 1.807) is 20.0 Å². The normalized spacial score (nSPS) is 20.2. The van der Waals surface area contributed by atoms with Crippen molar-refractivity contribution in [3.8, 4) is 5.75 Å². The summed E-state index contributed by atoms with van der Waals surface area (Å²) in [7, 11) is 1.11. The molecule has 2 amide bonds. The summed E-state index contributed by atoms with van der Waals surface area (Å²) in [6.07, 6.45) is 1.10. The molecular formula is C48H64N6O14. The lowest BCUT2D eigenvalue weighted by atomic mass is 9.87. The van der Waals surface area contributed by atoms with Crippen molar-refractivity contribution in [1.82, 2.24) is 30.9 Å². The minimum absolute atomic E-state index is 0.0870. The molecule has 2 unspecified atom stereocenters. The summed E-state index contributed by atoms with van der Waals surface area (Å²) in [6.45, 7) is 8.07. The summed E-state index contributed by atoms with van der Waals surface area (Å²) < 4.78 is 42.2. The molecule has 2 aromatic carbocycles. The van der Waals surface area contributed by atoms with Gasteiger partial charge in [-0.05, 0) is 81.4 Å². The van der Waals surface area contributed by atoms with Crippen molar-refractivity contribution in [2.75, 3.05) is 33.4 Å². The number of ether oxygens (including phenoxy) is 7. The highest BCUT2D eigenvalue weighted by molar-refractivity contribution is 5.95. The Morgan fingerprint density at radius 2 is 1.57 bits per heavy atom. The smallest absolute Gasteiger partial charge is 0.366 e. The van der Waals surface area contributed by atoms with Crippen LogP contribution in [0.2, 0.25) is 0 Å². The second-order valence-corrected chi connectivity index (χ2v) is 17.1. The van der Waals surface area contributed by atoms with Crippen LogP contribution in [-0.4, -0.2) is 126 Å². The highest BCUT2D eigenvalue weighted by Gasteiger charge is 2.59.